The van der Waals surface area contributed by atoms with Crippen molar-refractivity contribution in [1.82, 2.24) is 0 Å². The number of benzene rings is 2. The van der Waals surface area contributed by atoms with E-state index >= 15 is 0 Å². The van der Waals surface area contributed by atoms with Crippen LogP contribution in [0.5, 0.6) is 5.75 Å². The summed E-state index contributed by atoms with van der Waals surface area (Å²) in [6.45, 7) is 0. The minimum absolute atomic E-state index is 0.0214. The number of halogens is 1. The van der Waals surface area contributed by atoms with Crippen LogP contribution in [0, 0.1) is 28.5 Å². The first-order valence-electron chi connectivity index (χ1n) is 6.14. The van der Waals surface area contributed by atoms with Crippen molar-refractivity contribution in [3.05, 3.63) is 59.4 Å². The van der Waals surface area contributed by atoms with Crippen molar-refractivity contribution in [2.75, 3.05) is 7.11 Å². The van der Waals surface area contributed by atoms with E-state index in [1.54, 1.807) is 30.3 Å². The second-order valence-electron chi connectivity index (χ2n) is 4.26. The number of nitrogens with zero attached hydrogens (tertiary/aromatic N) is 2. The SMILES string of the molecule is COc1ccc(-c2cccc(C=C(C#N)C#N)c2)cc1F. The smallest absolute Gasteiger partial charge is 0.165 e. The summed E-state index contributed by atoms with van der Waals surface area (Å²) in [7, 11) is 1.41. The van der Waals surface area contributed by atoms with Crippen LogP contribution in [0.4, 0.5) is 4.39 Å². The van der Waals surface area contributed by atoms with Gasteiger partial charge in [0.1, 0.15) is 17.7 Å². The summed E-state index contributed by atoms with van der Waals surface area (Å²) in [4.78, 5) is 0. The molecule has 0 spiro atoms. The Bertz CT molecular complexity index is 766. The highest BCUT2D eigenvalue weighted by Gasteiger charge is 2.05. The number of ether oxygens (including phenoxy) is 1. The normalized spacial score (nSPS) is 9.33. The molecule has 0 aliphatic rings. The van der Waals surface area contributed by atoms with Crippen molar-refractivity contribution in [2.24, 2.45) is 0 Å². The van der Waals surface area contributed by atoms with E-state index in [4.69, 9.17) is 15.3 Å². The van der Waals surface area contributed by atoms with Gasteiger partial charge in [0.05, 0.1) is 7.11 Å². The molecule has 0 aliphatic heterocycles. The second-order valence-corrected chi connectivity index (χ2v) is 4.26. The third-order valence-electron chi connectivity index (χ3n) is 2.92. The number of allylic oxidation sites excluding steroid dienone is 1. The van der Waals surface area contributed by atoms with E-state index in [0.29, 0.717) is 11.1 Å². The Morgan fingerprint density at radius 1 is 1.10 bits per heavy atom. The molecule has 0 atom stereocenters. The molecule has 2 rings (SSSR count). The van der Waals surface area contributed by atoms with E-state index in [1.165, 1.54) is 19.3 Å². The van der Waals surface area contributed by atoms with E-state index in [1.807, 2.05) is 18.2 Å². The quantitative estimate of drug-likeness (QED) is 0.799. The first-order valence-corrected chi connectivity index (χ1v) is 6.14. The van der Waals surface area contributed by atoms with Gasteiger partial charge in [0, 0.05) is 0 Å². The van der Waals surface area contributed by atoms with Gasteiger partial charge in [0.25, 0.3) is 0 Å². The third-order valence-corrected chi connectivity index (χ3v) is 2.92. The Hall–Kier alpha value is -3.11. The molecule has 2 aromatic rings. The maximum absolute atomic E-state index is 13.7. The topological polar surface area (TPSA) is 56.8 Å². The van der Waals surface area contributed by atoms with Crippen molar-refractivity contribution in [1.29, 1.82) is 10.5 Å². The van der Waals surface area contributed by atoms with E-state index in [0.717, 1.165) is 5.56 Å². The van der Waals surface area contributed by atoms with Gasteiger partial charge in [-0.15, -0.1) is 0 Å². The summed E-state index contributed by atoms with van der Waals surface area (Å²) >= 11 is 0. The summed E-state index contributed by atoms with van der Waals surface area (Å²) in [6.07, 6.45) is 1.49. The molecule has 21 heavy (non-hydrogen) atoms. The van der Waals surface area contributed by atoms with Crippen LogP contribution in [-0.4, -0.2) is 7.11 Å². The van der Waals surface area contributed by atoms with Gasteiger partial charge in [-0.2, -0.15) is 10.5 Å². The highest BCUT2D eigenvalue weighted by atomic mass is 19.1. The summed E-state index contributed by atoms with van der Waals surface area (Å²) < 4.78 is 18.6. The number of rotatable bonds is 3. The van der Waals surface area contributed by atoms with Gasteiger partial charge in [-0.25, -0.2) is 4.39 Å². The molecule has 0 amide bonds. The summed E-state index contributed by atoms with van der Waals surface area (Å²) in [6, 6.07) is 15.5. The van der Waals surface area contributed by atoms with Crippen LogP contribution in [0.15, 0.2) is 48.0 Å². The van der Waals surface area contributed by atoms with E-state index in [9.17, 15) is 4.39 Å². The van der Waals surface area contributed by atoms with E-state index in [2.05, 4.69) is 0 Å². The molecule has 0 radical (unpaired) electrons. The van der Waals surface area contributed by atoms with Crippen LogP contribution in [-0.2, 0) is 0 Å². The van der Waals surface area contributed by atoms with Crippen molar-refractivity contribution in [3.8, 4) is 29.0 Å². The molecule has 0 heterocycles. The van der Waals surface area contributed by atoms with Gasteiger partial charge in [0.15, 0.2) is 11.6 Å². The van der Waals surface area contributed by atoms with Gasteiger partial charge in [-0.05, 0) is 41.0 Å². The maximum atomic E-state index is 13.7. The average Bonchev–Trinajstić information content (AvgIpc) is 2.52. The van der Waals surface area contributed by atoms with Crippen LogP contribution in [0.2, 0.25) is 0 Å². The van der Waals surface area contributed by atoms with Crippen LogP contribution < -0.4 is 4.74 Å². The van der Waals surface area contributed by atoms with Crippen molar-refractivity contribution in [3.63, 3.8) is 0 Å². The first kappa shape index (κ1) is 14.3. The zero-order valence-electron chi connectivity index (χ0n) is 11.3. The predicted molar refractivity (Wildman–Crippen MR) is 77.6 cm³/mol. The third kappa shape index (κ3) is 3.26. The van der Waals surface area contributed by atoms with E-state index in [-0.39, 0.29) is 11.3 Å². The van der Waals surface area contributed by atoms with E-state index < -0.39 is 5.82 Å². The van der Waals surface area contributed by atoms with Gasteiger partial charge in [0.2, 0.25) is 0 Å². The molecule has 0 saturated heterocycles. The Labute approximate surface area is 122 Å². The lowest BCUT2D eigenvalue weighted by atomic mass is 10.0. The van der Waals surface area contributed by atoms with Gasteiger partial charge in [-0.3, -0.25) is 0 Å². The molecule has 4 heteroatoms. The van der Waals surface area contributed by atoms with Gasteiger partial charge in [-0.1, -0.05) is 24.3 Å². The molecule has 102 valence electrons. The molecule has 0 saturated carbocycles. The van der Waals surface area contributed by atoms with Crippen LogP contribution in [0.3, 0.4) is 0 Å². The Kier molecular flexibility index (Phi) is 4.33. The highest BCUT2D eigenvalue weighted by Crippen LogP contribution is 2.26. The minimum atomic E-state index is -0.439. The highest BCUT2D eigenvalue weighted by molar-refractivity contribution is 5.70. The predicted octanol–water partition coefficient (Wildman–Crippen LogP) is 3.93. The van der Waals surface area contributed by atoms with Crippen LogP contribution >= 0.6 is 0 Å². The maximum Gasteiger partial charge on any atom is 0.165 e. The number of hydrogen-bond acceptors (Lipinski definition) is 3. The van der Waals surface area contributed by atoms with Crippen molar-refractivity contribution in [2.45, 2.75) is 0 Å². The standard InChI is InChI=1S/C17H11FN2O/c1-21-17-6-5-15(9-16(17)18)14-4-2-3-12(8-14)7-13(10-19)11-20/h2-9H,1H3. The fourth-order valence-corrected chi connectivity index (χ4v) is 1.91. The number of methoxy groups -OCH3 is 1. The molecule has 0 aliphatic carbocycles. The number of nitriles is 2. The first-order chi connectivity index (χ1) is 10.2. The largest absolute Gasteiger partial charge is 0.494 e. The lowest BCUT2D eigenvalue weighted by Gasteiger charge is -2.06. The minimum Gasteiger partial charge on any atom is -0.494 e. The van der Waals surface area contributed by atoms with Crippen LogP contribution in [0.25, 0.3) is 17.2 Å². The zero-order valence-corrected chi connectivity index (χ0v) is 11.3. The number of hydrogen-bond donors (Lipinski definition) is 0. The average molecular weight is 278 g/mol. The Balaban J connectivity index is 2.43. The van der Waals surface area contributed by atoms with Crippen LogP contribution in [0.1, 0.15) is 5.56 Å². The molecular weight excluding hydrogens is 267 g/mol. The Morgan fingerprint density at radius 2 is 1.81 bits per heavy atom. The molecule has 0 bridgehead atoms. The molecule has 2 aromatic carbocycles. The Morgan fingerprint density at radius 3 is 2.43 bits per heavy atom. The van der Waals surface area contributed by atoms with Crippen molar-refractivity contribution >= 4 is 6.08 Å². The summed E-state index contributed by atoms with van der Waals surface area (Å²) in [5, 5.41) is 17.5. The molecule has 0 fully saturated rings. The monoisotopic (exact) mass is 278 g/mol. The summed E-state index contributed by atoms with van der Waals surface area (Å²) in [5.41, 5.74) is 2.22. The molecule has 0 unspecified atom stereocenters. The fourth-order valence-electron chi connectivity index (χ4n) is 1.91. The molecule has 0 aromatic heterocycles. The van der Waals surface area contributed by atoms with Gasteiger partial charge < -0.3 is 4.74 Å². The second kappa shape index (κ2) is 6.36. The fraction of sp³-hybridized carbons (Fsp3) is 0.0588. The summed E-state index contributed by atoms with van der Waals surface area (Å²) in [5.74, 6) is -0.253. The lowest BCUT2D eigenvalue weighted by molar-refractivity contribution is 0.386. The van der Waals surface area contributed by atoms with Gasteiger partial charge >= 0.3 is 0 Å². The zero-order chi connectivity index (χ0) is 15.2. The molecule has 0 N–H and O–H groups in total. The van der Waals surface area contributed by atoms with Crippen molar-refractivity contribution < 1.29 is 9.13 Å². The molecule has 3 nitrogen and oxygen atoms in total. The lowest BCUT2D eigenvalue weighted by Crippen LogP contribution is -1.88. The molecular formula is C17H11FN2O.